The first-order chi connectivity index (χ1) is 20.9. The van der Waals surface area contributed by atoms with Gasteiger partial charge in [-0.1, -0.05) is 181 Å². The highest BCUT2D eigenvalue weighted by Gasteiger charge is 2.25. The SMILES string of the molecule is CCCCCCCCCCCCCCCCOC(=O)C[N+](C)(C)CC(=O)OCCCCCCCCCCCCCCCC. The first-order valence-corrected chi connectivity index (χ1v) is 19.0. The van der Waals surface area contributed by atoms with Gasteiger partial charge in [0.05, 0.1) is 27.3 Å². The van der Waals surface area contributed by atoms with Crippen LogP contribution in [0.1, 0.15) is 194 Å². The van der Waals surface area contributed by atoms with Gasteiger partial charge in [-0.05, 0) is 12.8 Å². The summed E-state index contributed by atoms with van der Waals surface area (Å²) >= 11 is 0. The Morgan fingerprint density at radius 1 is 0.372 bits per heavy atom. The molecule has 0 aromatic carbocycles. The molecule has 0 aliphatic carbocycles. The number of hydrogen-bond donors (Lipinski definition) is 0. The number of quaternary nitrogens is 1. The van der Waals surface area contributed by atoms with Gasteiger partial charge in [-0.3, -0.25) is 0 Å². The monoisotopic (exact) mass is 611 g/mol. The molecule has 256 valence electrons. The molecule has 0 unspecified atom stereocenters. The fourth-order valence-corrected chi connectivity index (χ4v) is 5.81. The molecule has 0 radical (unpaired) electrons. The summed E-state index contributed by atoms with van der Waals surface area (Å²) in [5.74, 6) is -0.445. The summed E-state index contributed by atoms with van der Waals surface area (Å²) in [4.78, 5) is 24.6. The maximum Gasteiger partial charge on any atom is 0.361 e. The maximum absolute atomic E-state index is 12.3. The van der Waals surface area contributed by atoms with Crippen LogP contribution in [0.4, 0.5) is 0 Å². The van der Waals surface area contributed by atoms with E-state index in [0.717, 1.165) is 25.7 Å². The molecule has 0 atom stereocenters. The molecule has 0 spiro atoms. The van der Waals surface area contributed by atoms with Crippen molar-refractivity contribution in [3.05, 3.63) is 0 Å². The quantitative estimate of drug-likeness (QED) is 0.0413. The fourth-order valence-electron chi connectivity index (χ4n) is 5.81. The van der Waals surface area contributed by atoms with Crippen LogP contribution in [0.3, 0.4) is 0 Å². The Morgan fingerprint density at radius 3 is 0.814 bits per heavy atom. The van der Waals surface area contributed by atoms with Gasteiger partial charge < -0.3 is 14.0 Å². The Labute approximate surface area is 269 Å². The maximum atomic E-state index is 12.3. The van der Waals surface area contributed by atoms with Gasteiger partial charge in [-0.15, -0.1) is 0 Å². The third-order valence-electron chi connectivity index (χ3n) is 8.64. The second-order valence-corrected chi connectivity index (χ2v) is 13.9. The molecule has 5 nitrogen and oxygen atoms in total. The van der Waals surface area contributed by atoms with Crippen LogP contribution in [0.5, 0.6) is 0 Å². The number of ether oxygens (including phenoxy) is 2. The van der Waals surface area contributed by atoms with Crippen LogP contribution in [-0.4, -0.2) is 56.8 Å². The summed E-state index contributed by atoms with van der Waals surface area (Å²) < 4.78 is 11.2. The van der Waals surface area contributed by atoms with Crippen LogP contribution >= 0.6 is 0 Å². The summed E-state index contributed by atoms with van der Waals surface area (Å²) in [6, 6.07) is 0. The second kappa shape index (κ2) is 32.3. The van der Waals surface area contributed by atoms with E-state index in [-0.39, 0.29) is 29.5 Å². The molecule has 43 heavy (non-hydrogen) atoms. The van der Waals surface area contributed by atoms with Crippen molar-refractivity contribution in [2.75, 3.05) is 40.4 Å². The van der Waals surface area contributed by atoms with Crippen molar-refractivity contribution in [2.24, 2.45) is 0 Å². The molecule has 0 bridgehead atoms. The smallest absolute Gasteiger partial charge is 0.361 e. The lowest BCUT2D eigenvalue weighted by Gasteiger charge is -2.27. The largest absolute Gasteiger partial charge is 0.462 e. The van der Waals surface area contributed by atoms with Crippen molar-refractivity contribution in [1.29, 1.82) is 0 Å². The van der Waals surface area contributed by atoms with Crippen molar-refractivity contribution in [3.63, 3.8) is 0 Å². The molecule has 0 aromatic heterocycles. The Kier molecular flexibility index (Phi) is 31.5. The molecular formula is C38H76NO4+. The van der Waals surface area contributed by atoms with Crippen molar-refractivity contribution in [1.82, 2.24) is 0 Å². The molecule has 0 N–H and O–H groups in total. The molecule has 0 aromatic rings. The summed E-state index contributed by atoms with van der Waals surface area (Å²) in [7, 11) is 3.78. The summed E-state index contributed by atoms with van der Waals surface area (Å²) in [5.41, 5.74) is 0. The zero-order valence-corrected chi connectivity index (χ0v) is 29.7. The lowest BCUT2D eigenvalue weighted by atomic mass is 10.0. The predicted octanol–water partition coefficient (Wildman–Crippen LogP) is 11.1. The van der Waals surface area contributed by atoms with Crippen LogP contribution in [0.15, 0.2) is 0 Å². The predicted molar refractivity (Wildman–Crippen MR) is 184 cm³/mol. The Bertz CT molecular complexity index is 557. The van der Waals surface area contributed by atoms with E-state index >= 15 is 0 Å². The van der Waals surface area contributed by atoms with E-state index in [0.29, 0.717) is 13.2 Å². The van der Waals surface area contributed by atoms with Crippen molar-refractivity contribution < 1.29 is 23.5 Å². The zero-order valence-electron chi connectivity index (χ0n) is 29.7. The Morgan fingerprint density at radius 2 is 0.581 bits per heavy atom. The number of hydrogen-bond acceptors (Lipinski definition) is 4. The topological polar surface area (TPSA) is 52.6 Å². The summed E-state index contributed by atoms with van der Waals surface area (Å²) in [5, 5.41) is 0. The molecule has 0 amide bonds. The lowest BCUT2D eigenvalue weighted by molar-refractivity contribution is -0.875. The molecule has 0 rings (SSSR count). The fraction of sp³-hybridized carbons (Fsp3) is 0.947. The molecule has 0 heterocycles. The van der Waals surface area contributed by atoms with E-state index in [2.05, 4.69) is 13.8 Å². The van der Waals surface area contributed by atoms with Crippen molar-refractivity contribution >= 4 is 11.9 Å². The molecule has 0 fully saturated rings. The number of carbonyl (C=O) groups excluding carboxylic acids is 2. The second-order valence-electron chi connectivity index (χ2n) is 13.9. The number of nitrogens with zero attached hydrogens (tertiary/aromatic N) is 1. The molecule has 0 saturated carbocycles. The van der Waals surface area contributed by atoms with Crippen LogP contribution in [0.25, 0.3) is 0 Å². The summed E-state index contributed by atoms with van der Waals surface area (Å²) in [6.45, 7) is 5.92. The van der Waals surface area contributed by atoms with E-state index in [1.165, 1.54) is 154 Å². The van der Waals surface area contributed by atoms with Gasteiger partial charge in [0.2, 0.25) is 0 Å². The summed E-state index contributed by atoms with van der Waals surface area (Å²) in [6.07, 6.45) is 36.8. The molecule has 0 aliphatic rings. The molecule has 5 heteroatoms. The average molecular weight is 611 g/mol. The van der Waals surface area contributed by atoms with Gasteiger partial charge in [-0.2, -0.15) is 0 Å². The van der Waals surface area contributed by atoms with E-state index in [1.807, 2.05) is 14.1 Å². The number of carbonyl (C=O) groups is 2. The van der Waals surface area contributed by atoms with Gasteiger partial charge in [0, 0.05) is 0 Å². The minimum absolute atomic E-state index is 0.201. The van der Waals surface area contributed by atoms with E-state index in [9.17, 15) is 9.59 Å². The van der Waals surface area contributed by atoms with E-state index in [4.69, 9.17) is 9.47 Å². The van der Waals surface area contributed by atoms with Crippen LogP contribution in [0.2, 0.25) is 0 Å². The normalized spacial score (nSPS) is 11.6. The van der Waals surface area contributed by atoms with Crippen LogP contribution < -0.4 is 0 Å². The van der Waals surface area contributed by atoms with Gasteiger partial charge in [0.1, 0.15) is 0 Å². The van der Waals surface area contributed by atoms with E-state index < -0.39 is 0 Å². The number of likely N-dealkylation sites (N-methyl/N-ethyl adjacent to an activating group) is 1. The zero-order chi connectivity index (χ0) is 31.7. The molecule has 0 aliphatic heterocycles. The number of esters is 2. The number of unbranched alkanes of at least 4 members (excludes halogenated alkanes) is 26. The van der Waals surface area contributed by atoms with Gasteiger partial charge in [-0.25, -0.2) is 9.59 Å². The lowest BCUT2D eigenvalue weighted by Crippen LogP contribution is -2.48. The minimum Gasteiger partial charge on any atom is -0.462 e. The van der Waals surface area contributed by atoms with E-state index in [1.54, 1.807) is 0 Å². The molecular weight excluding hydrogens is 534 g/mol. The van der Waals surface area contributed by atoms with Gasteiger partial charge >= 0.3 is 11.9 Å². The Balaban J connectivity index is 3.52. The average Bonchev–Trinajstić information content (AvgIpc) is 2.96. The third kappa shape index (κ3) is 33.6. The Hall–Kier alpha value is -1.10. The van der Waals surface area contributed by atoms with Crippen molar-refractivity contribution in [2.45, 2.75) is 194 Å². The minimum atomic E-state index is -0.223. The first kappa shape index (κ1) is 41.9. The highest BCUT2D eigenvalue weighted by molar-refractivity contribution is 5.73. The van der Waals surface area contributed by atoms with Gasteiger partial charge in [0.25, 0.3) is 0 Å². The van der Waals surface area contributed by atoms with Crippen LogP contribution in [-0.2, 0) is 19.1 Å². The molecule has 0 saturated heterocycles. The van der Waals surface area contributed by atoms with Gasteiger partial charge in [0.15, 0.2) is 13.1 Å². The number of rotatable bonds is 34. The highest BCUT2D eigenvalue weighted by Crippen LogP contribution is 2.14. The first-order valence-electron chi connectivity index (χ1n) is 19.0. The van der Waals surface area contributed by atoms with Crippen LogP contribution in [0, 0.1) is 0 Å². The highest BCUT2D eigenvalue weighted by atomic mass is 16.5. The standard InChI is InChI=1S/C38H76NO4/c1-5-7-9-11-13-15-17-19-21-23-25-27-29-31-33-42-37(40)35-39(3,4)36-38(41)43-34-32-30-28-26-24-22-20-18-16-14-12-10-8-6-2/h5-36H2,1-4H3/q+1. The third-order valence-corrected chi connectivity index (χ3v) is 8.64. The van der Waals surface area contributed by atoms with Crippen molar-refractivity contribution in [3.8, 4) is 0 Å².